The number of anilines is 1. The number of amides is 1. The fourth-order valence-corrected chi connectivity index (χ4v) is 5.27. The van der Waals surface area contributed by atoms with Crippen molar-refractivity contribution in [2.24, 2.45) is 0 Å². The molecule has 216 valence electrons. The number of thioether (sulfide) groups is 1. The SMILES string of the molecule is COC[C@H](C)n1c(COc2ccccc2F)nnc1S[C@@H](C(=O)Nc1cc(C(F)(F)F)ccc1Cl)c1ccccc1. The summed E-state index contributed by atoms with van der Waals surface area (Å²) in [6.07, 6.45) is -4.62. The third-order valence-electron chi connectivity index (χ3n) is 5.89. The van der Waals surface area contributed by atoms with Crippen LogP contribution in [0.25, 0.3) is 0 Å². The number of hydrogen-bond donors (Lipinski definition) is 1. The first-order valence-corrected chi connectivity index (χ1v) is 13.5. The lowest BCUT2D eigenvalue weighted by atomic mass is 10.1. The van der Waals surface area contributed by atoms with E-state index in [0.29, 0.717) is 16.5 Å². The van der Waals surface area contributed by atoms with Gasteiger partial charge in [0.2, 0.25) is 5.91 Å². The zero-order chi connectivity index (χ0) is 29.6. The number of nitrogens with one attached hydrogen (secondary N) is 1. The predicted molar refractivity (Wildman–Crippen MR) is 147 cm³/mol. The highest BCUT2D eigenvalue weighted by Crippen LogP contribution is 2.39. The van der Waals surface area contributed by atoms with E-state index in [9.17, 15) is 22.4 Å². The van der Waals surface area contributed by atoms with Crippen molar-refractivity contribution < 1.29 is 31.8 Å². The molecule has 1 N–H and O–H groups in total. The zero-order valence-electron chi connectivity index (χ0n) is 21.9. The van der Waals surface area contributed by atoms with Gasteiger partial charge in [-0.3, -0.25) is 9.36 Å². The molecule has 0 unspecified atom stereocenters. The number of aromatic nitrogens is 3. The molecular weight excluding hydrogens is 584 g/mol. The van der Waals surface area contributed by atoms with Crippen LogP contribution in [-0.4, -0.2) is 34.4 Å². The van der Waals surface area contributed by atoms with E-state index in [1.165, 1.54) is 19.2 Å². The van der Waals surface area contributed by atoms with E-state index < -0.39 is 28.7 Å². The van der Waals surface area contributed by atoms with Crippen molar-refractivity contribution in [3.05, 3.63) is 101 Å². The Hall–Kier alpha value is -3.61. The Morgan fingerprint density at radius 1 is 1.07 bits per heavy atom. The summed E-state index contributed by atoms with van der Waals surface area (Å²) in [7, 11) is 1.53. The number of methoxy groups -OCH3 is 1. The molecule has 0 saturated heterocycles. The lowest BCUT2D eigenvalue weighted by Gasteiger charge is -2.21. The highest BCUT2D eigenvalue weighted by molar-refractivity contribution is 8.00. The van der Waals surface area contributed by atoms with Crippen LogP contribution < -0.4 is 10.1 Å². The van der Waals surface area contributed by atoms with E-state index in [2.05, 4.69) is 15.5 Å². The highest BCUT2D eigenvalue weighted by atomic mass is 35.5. The van der Waals surface area contributed by atoms with Gasteiger partial charge in [-0.25, -0.2) is 4.39 Å². The van der Waals surface area contributed by atoms with Gasteiger partial charge in [0.05, 0.1) is 28.9 Å². The summed E-state index contributed by atoms with van der Waals surface area (Å²) in [4.78, 5) is 13.6. The number of benzene rings is 3. The maximum absolute atomic E-state index is 14.1. The molecule has 0 radical (unpaired) electrons. The normalized spacial score (nSPS) is 13.0. The first-order chi connectivity index (χ1) is 19.6. The van der Waals surface area contributed by atoms with Gasteiger partial charge in [-0.1, -0.05) is 65.8 Å². The molecule has 0 bridgehead atoms. The molecule has 0 aliphatic rings. The number of rotatable bonds is 11. The minimum absolute atomic E-state index is 0.0372. The highest BCUT2D eigenvalue weighted by Gasteiger charge is 2.32. The van der Waals surface area contributed by atoms with E-state index >= 15 is 0 Å². The molecule has 4 aromatic rings. The van der Waals surface area contributed by atoms with Gasteiger partial charge in [0.25, 0.3) is 0 Å². The fraction of sp³-hybridized carbons (Fsp3) is 0.250. The second kappa shape index (κ2) is 13.4. The molecule has 1 aromatic heterocycles. The molecule has 4 rings (SSSR count). The molecule has 3 aromatic carbocycles. The van der Waals surface area contributed by atoms with Crippen LogP contribution in [0.15, 0.2) is 78.0 Å². The van der Waals surface area contributed by atoms with E-state index in [1.807, 2.05) is 6.92 Å². The smallest absolute Gasteiger partial charge is 0.416 e. The van der Waals surface area contributed by atoms with Crippen LogP contribution in [-0.2, 0) is 22.3 Å². The van der Waals surface area contributed by atoms with Gasteiger partial charge in [-0.2, -0.15) is 13.2 Å². The molecule has 1 amide bonds. The van der Waals surface area contributed by atoms with Crippen molar-refractivity contribution in [2.45, 2.75) is 36.2 Å². The molecule has 1 heterocycles. The van der Waals surface area contributed by atoms with Gasteiger partial charge in [0.15, 0.2) is 22.5 Å². The van der Waals surface area contributed by atoms with Crippen molar-refractivity contribution in [3.8, 4) is 5.75 Å². The Morgan fingerprint density at radius 2 is 1.78 bits per heavy atom. The lowest BCUT2D eigenvalue weighted by Crippen LogP contribution is -2.21. The van der Waals surface area contributed by atoms with Gasteiger partial charge in [0, 0.05) is 7.11 Å². The van der Waals surface area contributed by atoms with Gasteiger partial charge >= 0.3 is 6.18 Å². The van der Waals surface area contributed by atoms with E-state index in [-0.39, 0.29) is 35.7 Å². The zero-order valence-corrected chi connectivity index (χ0v) is 23.4. The van der Waals surface area contributed by atoms with Crippen LogP contribution in [0, 0.1) is 5.82 Å². The Morgan fingerprint density at radius 3 is 2.46 bits per heavy atom. The number of ether oxygens (including phenoxy) is 2. The molecule has 0 fully saturated rings. The Labute approximate surface area is 242 Å². The number of hydrogen-bond acceptors (Lipinski definition) is 6. The van der Waals surface area contributed by atoms with Crippen LogP contribution >= 0.6 is 23.4 Å². The van der Waals surface area contributed by atoms with Gasteiger partial charge < -0.3 is 14.8 Å². The van der Waals surface area contributed by atoms with Crippen molar-refractivity contribution in [1.82, 2.24) is 14.8 Å². The topological polar surface area (TPSA) is 78.3 Å². The number of nitrogens with zero attached hydrogens (tertiary/aromatic N) is 3. The Bertz CT molecular complexity index is 1490. The summed E-state index contributed by atoms with van der Waals surface area (Å²) in [6.45, 7) is 1.99. The van der Waals surface area contributed by atoms with Gasteiger partial charge in [-0.05, 0) is 42.8 Å². The van der Waals surface area contributed by atoms with Crippen molar-refractivity contribution >= 4 is 35.0 Å². The van der Waals surface area contributed by atoms with Crippen molar-refractivity contribution in [2.75, 3.05) is 19.0 Å². The largest absolute Gasteiger partial charge is 0.483 e. The van der Waals surface area contributed by atoms with Crippen LogP contribution in [0.5, 0.6) is 5.75 Å². The van der Waals surface area contributed by atoms with Gasteiger partial charge in [-0.15, -0.1) is 10.2 Å². The number of alkyl halides is 3. The summed E-state index contributed by atoms with van der Waals surface area (Å²) < 4.78 is 66.7. The quantitative estimate of drug-likeness (QED) is 0.142. The number of carbonyl (C=O) groups excluding carboxylic acids is 1. The molecular formula is C28H25ClF4N4O3S. The van der Waals surface area contributed by atoms with Crippen molar-refractivity contribution in [1.29, 1.82) is 0 Å². The Kier molecular flexibility index (Phi) is 9.90. The maximum Gasteiger partial charge on any atom is 0.416 e. The van der Waals surface area contributed by atoms with Crippen LogP contribution in [0.1, 0.15) is 35.2 Å². The molecule has 13 heteroatoms. The number of halogens is 5. The van der Waals surface area contributed by atoms with E-state index in [1.54, 1.807) is 47.0 Å². The lowest BCUT2D eigenvalue weighted by molar-refractivity contribution is -0.137. The average Bonchev–Trinajstić information content (AvgIpc) is 3.35. The minimum atomic E-state index is -4.62. The summed E-state index contributed by atoms with van der Waals surface area (Å²) in [5.74, 6) is -0.767. The number of para-hydroxylation sites is 1. The second-order valence-electron chi connectivity index (χ2n) is 8.88. The second-order valence-corrected chi connectivity index (χ2v) is 10.4. The average molecular weight is 609 g/mol. The standard InChI is InChI=1S/C28H25ClF4N4O3S/c1-17(15-39-2)37-24(16-40-23-11-7-6-10-21(23)30)35-36-27(37)41-25(18-8-4-3-5-9-18)26(38)34-22-14-19(28(31,32)33)12-13-20(22)29/h3-14,17,25H,15-16H2,1-2H3,(H,34,38)/t17-,25+/m0/s1. The van der Waals surface area contributed by atoms with E-state index in [0.717, 1.165) is 30.0 Å². The molecule has 0 aliphatic carbocycles. The summed E-state index contributed by atoms with van der Waals surface area (Å²) in [6, 6.07) is 17.0. The summed E-state index contributed by atoms with van der Waals surface area (Å²) in [5, 5.41) is 10.3. The molecule has 7 nitrogen and oxygen atoms in total. The fourth-order valence-electron chi connectivity index (χ4n) is 3.95. The van der Waals surface area contributed by atoms with Gasteiger partial charge in [0.1, 0.15) is 11.9 Å². The molecule has 0 spiro atoms. The number of carbonyl (C=O) groups is 1. The van der Waals surface area contributed by atoms with Crippen LogP contribution in [0.2, 0.25) is 5.02 Å². The maximum atomic E-state index is 14.1. The molecule has 0 saturated carbocycles. The van der Waals surface area contributed by atoms with Crippen molar-refractivity contribution in [3.63, 3.8) is 0 Å². The first-order valence-electron chi connectivity index (χ1n) is 12.3. The Balaban J connectivity index is 1.66. The van der Waals surface area contributed by atoms with Crippen LogP contribution in [0.4, 0.5) is 23.2 Å². The predicted octanol–water partition coefficient (Wildman–Crippen LogP) is 7.35. The molecule has 41 heavy (non-hydrogen) atoms. The third kappa shape index (κ3) is 7.57. The summed E-state index contributed by atoms with van der Waals surface area (Å²) in [5.41, 5.74) is -0.564. The molecule has 2 atom stereocenters. The van der Waals surface area contributed by atoms with Crippen LogP contribution in [0.3, 0.4) is 0 Å². The van der Waals surface area contributed by atoms with E-state index in [4.69, 9.17) is 21.1 Å². The first kappa shape index (κ1) is 30.4. The minimum Gasteiger partial charge on any atom is -0.483 e. The third-order valence-corrected chi connectivity index (χ3v) is 7.43. The monoisotopic (exact) mass is 608 g/mol. The summed E-state index contributed by atoms with van der Waals surface area (Å²) >= 11 is 7.17. The molecule has 0 aliphatic heterocycles.